The molecule has 0 bridgehead atoms. The Balaban J connectivity index is 1.94. The number of nitrogens with one attached hydrogen (secondary N) is 1. The molecule has 3 heteroatoms. The van der Waals surface area contributed by atoms with E-state index in [1.807, 2.05) is 0 Å². The first-order chi connectivity index (χ1) is 7.36. The standard InChI is InChI=1S/C12H12N2O/c1-2-9-5-14-15-11(9)10-4-12(3-8(1)10)6-13-7-12/h1-2,5,13H,3-4,6-7H2. The first-order valence-corrected chi connectivity index (χ1v) is 5.42. The molecule has 4 rings (SSSR count). The quantitative estimate of drug-likeness (QED) is 0.700. The van der Waals surface area contributed by atoms with Crippen LogP contribution in [0.1, 0.15) is 11.1 Å². The van der Waals surface area contributed by atoms with Gasteiger partial charge in [-0.2, -0.15) is 0 Å². The van der Waals surface area contributed by atoms with Crippen molar-refractivity contribution in [3.8, 4) is 0 Å². The fourth-order valence-corrected chi connectivity index (χ4v) is 2.96. The number of fused-ring (bicyclic) bond motifs is 3. The smallest absolute Gasteiger partial charge is 0.170 e. The minimum absolute atomic E-state index is 0.489. The Morgan fingerprint density at radius 2 is 2.20 bits per heavy atom. The fraction of sp³-hybridized carbons (Fsp3) is 0.417. The van der Waals surface area contributed by atoms with Gasteiger partial charge in [0.25, 0.3) is 0 Å². The Labute approximate surface area is 87.4 Å². The molecule has 0 saturated carbocycles. The number of hydrogen-bond acceptors (Lipinski definition) is 3. The largest absolute Gasteiger partial charge is 0.356 e. The van der Waals surface area contributed by atoms with Gasteiger partial charge in [0.1, 0.15) is 0 Å². The molecule has 1 spiro atoms. The van der Waals surface area contributed by atoms with Crippen LogP contribution in [-0.4, -0.2) is 18.2 Å². The lowest BCUT2D eigenvalue weighted by Gasteiger charge is -2.39. The zero-order valence-corrected chi connectivity index (χ0v) is 8.42. The maximum absolute atomic E-state index is 5.35. The van der Waals surface area contributed by atoms with Gasteiger partial charge in [0.2, 0.25) is 0 Å². The molecule has 15 heavy (non-hydrogen) atoms. The first-order valence-electron chi connectivity index (χ1n) is 5.42. The van der Waals surface area contributed by atoms with E-state index in [9.17, 15) is 0 Å². The van der Waals surface area contributed by atoms with Gasteiger partial charge in [-0.3, -0.25) is 0 Å². The van der Waals surface area contributed by atoms with Gasteiger partial charge in [-0.1, -0.05) is 11.2 Å². The lowest BCUT2D eigenvalue weighted by molar-refractivity contribution is 0.183. The van der Waals surface area contributed by atoms with E-state index in [1.54, 1.807) is 6.20 Å². The summed E-state index contributed by atoms with van der Waals surface area (Å²) in [6.07, 6.45) is 4.16. The molecule has 2 aliphatic rings. The highest BCUT2D eigenvalue weighted by atomic mass is 16.5. The van der Waals surface area contributed by atoms with Gasteiger partial charge in [0.05, 0.1) is 6.20 Å². The van der Waals surface area contributed by atoms with Gasteiger partial charge < -0.3 is 9.84 Å². The van der Waals surface area contributed by atoms with Gasteiger partial charge >= 0.3 is 0 Å². The van der Waals surface area contributed by atoms with Crippen LogP contribution in [0.2, 0.25) is 0 Å². The highest BCUT2D eigenvalue weighted by molar-refractivity contribution is 5.81. The van der Waals surface area contributed by atoms with Crippen LogP contribution in [-0.2, 0) is 12.8 Å². The molecule has 0 amide bonds. The molecule has 1 fully saturated rings. The van der Waals surface area contributed by atoms with E-state index in [4.69, 9.17) is 4.52 Å². The minimum Gasteiger partial charge on any atom is -0.356 e. The van der Waals surface area contributed by atoms with Gasteiger partial charge in [0, 0.05) is 29.5 Å². The van der Waals surface area contributed by atoms with Crippen molar-refractivity contribution < 1.29 is 4.52 Å². The molecular weight excluding hydrogens is 188 g/mol. The van der Waals surface area contributed by atoms with E-state index in [2.05, 4.69) is 22.6 Å². The normalized spacial score (nSPS) is 21.9. The molecule has 0 unspecified atom stereocenters. The molecule has 2 heterocycles. The van der Waals surface area contributed by atoms with E-state index < -0.39 is 0 Å². The maximum Gasteiger partial charge on any atom is 0.170 e. The van der Waals surface area contributed by atoms with Crippen molar-refractivity contribution in [1.29, 1.82) is 0 Å². The average molecular weight is 200 g/mol. The second kappa shape index (κ2) is 2.42. The molecule has 1 saturated heterocycles. The van der Waals surface area contributed by atoms with E-state index >= 15 is 0 Å². The third-order valence-corrected chi connectivity index (χ3v) is 3.84. The third-order valence-electron chi connectivity index (χ3n) is 3.84. The molecule has 0 radical (unpaired) electrons. The van der Waals surface area contributed by atoms with Crippen LogP contribution >= 0.6 is 0 Å². The predicted molar refractivity (Wildman–Crippen MR) is 56.7 cm³/mol. The van der Waals surface area contributed by atoms with E-state index in [1.165, 1.54) is 17.5 Å². The fourth-order valence-electron chi connectivity index (χ4n) is 2.96. The molecule has 76 valence electrons. The summed E-state index contributed by atoms with van der Waals surface area (Å²) in [4.78, 5) is 0. The second-order valence-electron chi connectivity index (χ2n) is 4.90. The maximum atomic E-state index is 5.35. The lowest BCUT2D eigenvalue weighted by Crippen LogP contribution is -2.53. The van der Waals surface area contributed by atoms with Crippen molar-refractivity contribution in [3.63, 3.8) is 0 Å². The predicted octanol–water partition coefficient (Wildman–Crippen LogP) is 1.52. The van der Waals surface area contributed by atoms with Crippen LogP contribution < -0.4 is 5.32 Å². The lowest BCUT2D eigenvalue weighted by atomic mass is 9.79. The highest BCUT2D eigenvalue weighted by Gasteiger charge is 2.43. The van der Waals surface area contributed by atoms with Crippen LogP contribution in [0.5, 0.6) is 0 Å². The van der Waals surface area contributed by atoms with Crippen LogP contribution in [0.25, 0.3) is 11.0 Å². The summed E-state index contributed by atoms with van der Waals surface area (Å²) in [6, 6.07) is 4.36. The van der Waals surface area contributed by atoms with Gasteiger partial charge in [-0.25, -0.2) is 0 Å². The Morgan fingerprint density at radius 1 is 1.27 bits per heavy atom. The summed E-state index contributed by atoms with van der Waals surface area (Å²) in [5.41, 5.74) is 4.35. The first kappa shape index (κ1) is 7.88. The Kier molecular flexibility index (Phi) is 1.27. The number of benzene rings is 1. The zero-order chi connectivity index (χ0) is 9.88. The molecule has 3 nitrogen and oxygen atoms in total. The van der Waals surface area contributed by atoms with E-state index in [0.29, 0.717) is 5.41 Å². The zero-order valence-electron chi connectivity index (χ0n) is 8.42. The molecule has 1 aromatic carbocycles. The Morgan fingerprint density at radius 3 is 3.00 bits per heavy atom. The average Bonchev–Trinajstić information content (AvgIpc) is 2.79. The second-order valence-corrected chi connectivity index (χ2v) is 4.90. The number of aromatic nitrogens is 1. The van der Waals surface area contributed by atoms with Crippen molar-refractivity contribution in [2.24, 2.45) is 5.41 Å². The Bertz CT molecular complexity index is 540. The molecule has 1 aliphatic carbocycles. The number of nitrogens with zero attached hydrogens (tertiary/aromatic N) is 1. The molecule has 1 aromatic heterocycles. The van der Waals surface area contributed by atoms with E-state index in [0.717, 1.165) is 30.5 Å². The topological polar surface area (TPSA) is 38.1 Å². The van der Waals surface area contributed by atoms with Crippen molar-refractivity contribution in [2.45, 2.75) is 12.8 Å². The summed E-state index contributed by atoms with van der Waals surface area (Å²) in [5, 5.41) is 8.39. The summed E-state index contributed by atoms with van der Waals surface area (Å²) in [6.45, 7) is 2.30. The van der Waals surface area contributed by atoms with Gasteiger partial charge in [-0.15, -0.1) is 0 Å². The monoisotopic (exact) mass is 200 g/mol. The van der Waals surface area contributed by atoms with Crippen molar-refractivity contribution in [2.75, 3.05) is 13.1 Å². The summed E-state index contributed by atoms with van der Waals surface area (Å²) in [7, 11) is 0. The van der Waals surface area contributed by atoms with Gasteiger partial charge in [-0.05, 0) is 24.5 Å². The van der Waals surface area contributed by atoms with Crippen molar-refractivity contribution >= 4 is 11.0 Å². The van der Waals surface area contributed by atoms with Crippen molar-refractivity contribution in [3.05, 3.63) is 29.5 Å². The Hall–Kier alpha value is -1.35. The molecule has 2 aromatic rings. The molecular formula is C12H12N2O. The van der Waals surface area contributed by atoms with E-state index in [-0.39, 0.29) is 0 Å². The van der Waals surface area contributed by atoms with Crippen LogP contribution in [0, 0.1) is 5.41 Å². The van der Waals surface area contributed by atoms with Crippen LogP contribution in [0.15, 0.2) is 22.9 Å². The number of hydrogen-bond donors (Lipinski definition) is 1. The molecule has 1 aliphatic heterocycles. The third kappa shape index (κ3) is 0.913. The van der Waals surface area contributed by atoms with Crippen LogP contribution in [0.3, 0.4) is 0 Å². The molecule has 1 N–H and O–H groups in total. The van der Waals surface area contributed by atoms with Gasteiger partial charge in [0.15, 0.2) is 5.58 Å². The highest BCUT2D eigenvalue weighted by Crippen LogP contribution is 2.42. The SMILES string of the molecule is c1cc2cnoc2c2c1CC1(CNC1)C2. The summed E-state index contributed by atoms with van der Waals surface area (Å²) >= 11 is 0. The summed E-state index contributed by atoms with van der Waals surface area (Å²) < 4.78 is 5.35. The number of rotatable bonds is 0. The molecule has 0 atom stereocenters. The van der Waals surface area contributed by atoms with Crippen molar-refractivity contribution in [1.82, 2.24) is 10.5 Å². The van der Waals surface area contributed by atoms with Crippen LogP contribution in [0.4, 0.5) is 0 Å². The summed E-state index contributed by atoms with van der Waals surface area (Å²) in [5.74, 6) is 0. The minimum atomic E-state index is 0.489.